The van der Waals surface area contributed by atoms with Crippen LogP contribution < -0.4 is 10.6 Å². The summed E-state index contributed by atoms with van der Waals surface area (Å²) < 4.78 is 18.2. The van der Waals surface area contributed by atoms with Crippen molar-refractivity contribution in [1.82, 2.24) is 15.5 Å². The van der Waals surface area contributed by atoms with Gasteiger partial charge in [-0.25, -0.2) is 9.18 Å². The van der Waals surface area contributed by atoms with E-state index in [4.69, 9.17) is 4.52 Å². The number of anilines is 1. The zero-order valence-electron chi connectivity index (χ0n) is 14.5. The van der Waals surface area contributed by atoms with E-state index < -0.39 is 0 Å². The third kappa shape index (κ3) is 4.24. The van der Waals surface area contributed by atoms with Crippen LogP contribution in [0.5, 0.6) is 0 Å². The third-order valence-corrected chi connectivity index (χ3v) is 3.91. The smallest absolute Gasteiger partial charge is 0.319 e. The fourth-order valence-corrected chi connectivity index (χ4v) is 2.25. The molecule has 3 rings (SSSR count). The molecule has 2 N–H and O–H groups in total. The Labute approximate surface area is 150 Å². The van der Waals surface area contributed by atoms with Gasteiger partial charge in [0.25, 0.3) is 5.89 Å². The first-order valence-electron chi connectivity index (χ1n) is 8.32. The summed E-state index contributed by atoms with van der Waals surface area (Å²) >= 11 is 0. The van der Waals surface area contributed by atoms with Gasteiger partial charge in [-0.3, -0.25) is 0 Å². The second-order valence-corrected chi connectivity index (χ2v) is 5.92. The number of halogens is 1. The molecule has 0 spiro atoms. The van der Waals surface area contributed by atoms with Crippen molar-refractivity contribution in [3.63, 3.8) is 0 Å². The molecular formula is C19H19FN4O2. The maximum absolute atomic E-state index is 13.0. The van der Waals surface area contributed by atoms with Crippen LogP contribution in [0.2, 0.25) is 0 Å². The average molecular weight is 354 g/mol. The molecule has 7 heteroatoms. The number of nitrogens with zero attached hydrogens (tertiary/aromatic N) is 2. The van der Waals surface area contributed by atoms with Gasteiger partial charge in [-0.15, -0.1) is 0 Å². The average Bonchev–Trinajstić information content (AvgIpc) is 3.13. The molecule has 0 aliphatic heterocycles. The van der Waals surface area contributed by atoms with Gasteiger partial charge in [-0.05, 0) is 61.9 Å². The SMILES string of the molecule is CC[C@@H](C)NC(=O)Nc1ccc(-c2noc(-c3ccc(F)cc3)n2)cc1. The van der Waals surface area contributed by atoms with Gasteiger partial charge in [-0.1, -0.05) is 12.1 Å². The molecule has 0 fully saturated rings. The van der Waals surface area contributed by atoms with Crippen molar-refractivity contribution in [1.29, 1.82) is 0 Å². The van der Waals surface area contributed by atoms with Crippen LogP contribution in [-0.2, 0) is 0 Å². The number of urea groups is 1. The van der Waals surface area contributed by atoms with E-state index >= 15 is 0 Å². The Bertz CT molecular complexity index is 875. The molecule has 0 radical (unpaired) electrons. The van der Waals surface area contributed by atoms with Crippen LogP contribution in [0.4, 0.5) is 14.9 Å². The highest BCUT2D eigenvalue weighted by molar-refractivity contribution is 5.89. The van der Waals surface area contributed by atoms with Crippen LogP contribution in [0.1, 0.15) is 20.3 Å². The molecule has 0 unspecified atom stereocenters. The molecule has 0 saturated carbocycles. The normalized spacial score (nSPS) is 11.8. The first kappa shape index (κ1) is 17.6. The molecule has 26 heavy (non-hydrogen) atoms. The first-order chi connectivity index (χ1) is 12.5. The summed E-state index contributed by atoms with van der Waals surface area (Å²) in [6.45, 7) is 3.95. The molecule has 6 nitrogen and oxygen atoms in total. The van der Waals surface area contributed by atoms with E-state index in [0.717, 1.165) is 12.0 Å². The van der Waals surface area contributed by atoms with Crippen molar-refractivity contribution >= 4 is 11.7 Å². The van der Waals surface area contributed by atoms with Gasteiger partial charge in [0.05, 0.1) is 0 Å². The number of hydrogen-bond acceptors (Lipinski definition) is 4. The second-order valence-electron chi connectivity index (χ2n) is 5.92. The summed E-state index contributed by atoms with van der Waals surface area (Å²) in [6.07, 6.45) is 0.862. The van der Waals surface area contributed by atoms with Gasteiger partial charge < -0.3 is 15.2 Å². The molecule has 1 atom stereocenters. The zero-order valence-corrected chi connectivity index (χ0v) is 14.5. The third-order valence-electron chi connectivity index (χ3n) is 3.91. The Kier molecular flexibility index (Phi) is 5.26. The molecule has 0 saturated heterocycles. The number of aromatic nitrogens is 2. The maximum Gasteiger partial charge on any atom is 0.319 e. The summed E-state index contributed by atoms with van der Waals surface area (Å²) in [5.74, 6) is 0.406. The van der Waals surface area contributed by atoms with Crippen molar-refractivity contribution < 1.29 is 13.7 Å². The highest BCUT2D eigenvalue weighted by atomic mass is 19.1. The fourth-order valence-electron chi connectivity index (χ4n) is 2.25. The lowest BCUT2D eigenvalue weighted by Crippen LogP contribution is -2.35. The lowest BCUT2D eigenvalue weighted by molar-refractivity contribution is 0.249. The lowest BCUT2D eigenvalue weighted by atomic mass is 10.2. The maximum atomic E-state index is 13.0. The molecule has 0 aliphatic carbocycles. The van der Waals surface area contributed by atoms with Crippen LogP contribution in [0, 0.1) is 5.82 Å². The van der Waals surface area contributed by atoms with Gasteiger partial charge in [0.1, 0.15) is 5.82 Å². The van der Waals surface area contributed by atoms with E-state index in [0.29, 0.717) is 23.0 Å². The Morgan fingerprint density at radius 3 is 2.42 bits per heavy atom. The summed E-state index contributed by atoms with van der Waals surface area (Å²) in [7, 11) is 0. The zero-order chi connectivity index (χ0) is 18.5. The first-order valence-corrected chi connectivity index (χ1v) is 8.32. The van der Waals surface area contributed by atoms with E-state index in [1.54, 1.807) is 36.4 Å². The Hall–Kier alpha value is -3.22. The van der Waals surface area contributed by atoms with Crippen molar-refractivity contribution in [3.8, 4) is 22.8 Å². The summed E-state index contributed by atoms with van der Waals surface area (Å²) in [5.41, 5.74) is 2.05. The van der Waals surface area contributed by atoms with Gasteiger partial charge in [0.2, 0.25) is 5.82 Å². The highest BCUT2D eigenvalue weighted by Gasteiger charge is 2.11. The topological polar surface area (TPSA) is 80.0 Å². The van der Waals surface area contributed by atoms with Crippen molar-refractivity contribution in [2.24, 2.45) is 0 Å². The standard InChI is InChI=1S/C19H19FN4O2/c1-3-12(2)21-19(25)22-16-10-6-13(7-11-16)17-23-18(26-24-17)14-4-8-15(20)9-5-14/h4-12H,3H2,1-2H3,(H2,21,22,25)/t12-/m1/s1. The van der Waals surface area contributed by atoms with Crippen molar-refractivity contribution in [3.05, 3.63) is 54.3 Å². The number of carbonyl (C=O) groups excluding carboxylic acids is 1. The largest absolute Gasteiger partial charge is 0.335 e. The van der Waals surface area contributed by atoms with Gasteiger partial charge in [0, 0.05) is 22.9 Å². The van der Waals surface area contributed by atoms with Crippen LogP contribution >= 0.6 is 0 Å². The molecule has 0 bridgehead atoms. The van der Waals surface area contributed by atoms with Crippen LogP contribution in [0.15, 0.2) is 53.1 Å². The summed E-state index contributed by atoms with van der Waals surface area (Å²) in [5, 5.41) is 9.55. The van der Waals surface area contributed by atoms with E-state index in [9.17, 15) is 9.18 Å². The molecule has 1 aromatic heterocycles. The number of rotatable bonds is 5. The molecule has 2 aromatic carbocycles. The predicted molar refractivity (Wildman–Crippen MR) is 97.0 cm³/mol. The van der Waals surface area contributed by atoms with E-state index in [1.807, 2.05) is 13.8 Å². The van der Waals surface area contributed by atoms with E-state index in [-0.39, 0.29) is 17.9 Å². The molecule has 134 valence electrons. The minimum atomic E-state index is -0.325. The number of hydrogen-bond donors (Lipinski definition) is 2. The quantitative estimate of drug-likeness (QED) is 0.709. The number of amides is 2. The predicted octanol–water partition coefficient (Wildman–Crippen LogP) is 4.46. The number of carbonyl (C=O) groups is 1. The van der Waals surface area contributed by atoms with Crippen LogP contribution in [0.3, 0.4) is 0 Å². The Morgan fingerprint density at radius 2 is 1.77 bits per heavy atom. The summed E-state index contributed by atoms with van der Waals surface area (Å²) in [6, 6.07) is 12.8. The second kappa shape index (κ2) is 7.77. The lowest BCUT2D eigenvalue weighted by Gasteiger charge is -2.12. The fraction of sp³-hybridized carbons (Fsp3) is 0.211. The summed E-state index contributed by atoms with van der Waals surface area (Å²) in [4.78, 5) is 16.2. The van der Waals surface area contributed by atoms with Crippen molar-refractivity contribution in [2.45, 2.75) is 26.3 Å². The van der Waals surface area contributed by atoms with Crippen LogP contribution in [-0.4, -0.2) is 22.2 Å². The number of nitrogens with one attached hydrogen (secondary N) is 2. The molecular weight excluding hydrogens is 335 g/mol. The molecule has 3 aromatic rings. The van der Waals surface area contributed by atoms with Gasteiger partial charge in [-0.2, -0.15) is 4.98 Å². The monoisotopic (exact) mass is 354 g/mol. The van der Waals surface area contributed by atoms with E-state index in [1.165, 1.54) is 12.1 Å². The Morgan fingerprint density at radius 1 is 1.12 bits per heavy atom. The molecule has 2 amide bonds. The molecule has 1 heterocycles. The minimum absolute atomic E-state index is 0.110. The molecule has 0 aliphatic rings. The van der Waals surface area contributed by atoms with E-state index in [2.05, 4.69) is 20.8 Å². The Balaban J connectivity index is 1.69. The van der Waals surface area contributed by atoms with Crippen LogP contribution in [0.25, 0.3) is 22.8 Å². The minimum Gasteiger partial charge on any atom is -0.335 e. The van der Waals surface area contributed by atoms with Gasteiger partial charge in [0.15, 0.2) is 0 Å². The number of benzene rings is 2. The van der Waals surface area contributed by atoms with Gasteiger partial charge >= 0.3 is 6.03 Å². The van der Waals surface area contributed by atoms with Crippen molar-refractivity contribution in [2.75, 3.05) is 5.32 Å². The highest BCUT2D eigenvalue weighted by Crippen LogP contribution is 2.23.